The third-order valence-electron chi connectivity index (χ3n) is 3.25. The van der Waals surface area contributed by atoms with Gasteiger partial charge in [-0.15, -0.1) is 11.3 Å². The van der Waals surface area contributed by atoms with Crippen LogP contribution in [0.1, 0.15) is 16.9 Å². The van der Waals surface area contributed by atoms with Crippen molar-refractivity contribution < 1.29 is 24.4 Å². The largest absolute Gasteiger partial charge is 0.480 e. The highest BCUT2D eigenvalue weighted by Gasteiger charge is 2.22. The number of benzene rings is 1. The van der Waals surface area contributed by atoms with Gasteiger partial charge < -0.3 is 15.2 Å². The third-order valence-corrected chi connectivity index (χ3v) is 4.15. The highest BCUT2D eigenvalue weighted by molar-refractivity contribution is 7.13. The van der Waals surface area contributed by atoms with Gasteiger partial charge >= 0.3 is 5.97 Å². The van der Waals surface area contributed by atoms with Crippen molar-refractivity contribution in [2.45, 2.75) is 12.5 Å². The molecule has 0 spiro atoms. The van der Waals surface area contributed by atoms with E-state index in [0.717, 1.165) is 11.3 Å². The number of methoxy groups -OCH3 is 1. The minimum Gasteiger partial charge on any atom is -0.480 e. The quantitative estimate of drug-likeness (QED) is 0.539. The number of thiazole rings is 1. The second-order valence-electron chi connectivity index (χ2n) is 4.99. The standard InChI is InChI=1S/C15H15N3O6S/c1-24-6-5-11(15(20)21)16-13(19)12-8-25-14(17-12)9-3-2-4-10(7-9)18(22)23/h2-4,7-8,11H,5-6H2,1H3,(H,16,19)(H,20,21). The Kier molecular flexibility index (Phi) is 6.14. The van der Waals surface area contributed by atoms with Crippen LogP contribution in [0.5, 0.6) is 0 Å². The predicted molar refractivity (Wildman–Crippen MR) is 89.6 cm³/mol. The maximum absolute atomic E-state index is 12.2. The molecule has 0 saturated carbocycles. The average Bonchev–Trinajstić information content (AvgIpc) is 3.08. The molecule has 0 aliphatic heterocycles. The van der Waals surface area contributed by atoms with Crippen molar-refractivity contribution in [3.8, 4) is 10.6 Å². The zero-order valence-electron chi connectivity index (χ0n) is 13.2. The fourth-order valence-corrected chi connectivity index (χ4v) is 2.79. The second-order valence-corrected chi connectivity index (χ2v) is 5.85. The lowest BCUT2D eigenvalue weighted by Crippen LogP contribution is -2.41. The van der Waals surface area contributed by atoms with Crippen LogP contribution in [0.15, 0.2) is 29.6 Å². The lowest BCUT2D eigenvalue weighted by Gasteiger charge is -2.12. The summed E-state index contributed by atoms with van der Waals surface area (Å²) in [4.78, 5) is 37.8. The Morgan fingerprint density at radius 3 is 2.88 bits per heavy atom. The van der Waals surface area contributed by atoms with Gasteiger partial charge in [-0.25, -0.2) is 9.78 Å². The van der Waals surface area contributed by atoms with Gasteiger partial charge in [0.05, 0.1) is 4.92 Å². The molecule has 9 nitrogen and oxygen atoms in total. The van der Waals surface area contributed by atoms with Crippen LogP contribution in [0, 0.1) is 10.1 Å². The highest BCUT2D eigenvalue weighted by atomic mass is 32.1. The number of carboxylic acids is 1. The summed E-state index contributed by atoms with van der Waals surface area (Å²) in [7, 11) is 1.44. The molecule has 1 aromatic carbocycles. The fourth-order valence-electron chi connectivity index (χ4n) is 1.99. The number of amides is 1. The Morgan fingerprint density at radius 2 is 2.24 bits per heavy atom. The number of nitro benzene ring substituents is 1. The molecule has 0 bridgehead atoms. The molecule has 132 valence electrons. The Bertz CT molecular complexity index is 791. The average molecular weight is 365 g/mol. The number of aliphatic carboxylic acids is 1. The molecule has 1 unspecified atom stereocenters. The summed E-state index contributed by atoms with van der Waals surface area (Å²) in [6.45, 7) is 0.188. The minimum atomic E-state index is -1.17. The van der Waals surface area contributed by atoms with Crippen molar-refractivity contribution in [1.82, 2.24) is 10.3 Å². The van der Waals surface area contributed by atoms with Crippen molar-refractivity contribution in [1.29, 1.82) is 0 Å². The van der Waals surface area contributed by atoms with Crippen molar-refractivity contribution in [2.24, 2.45) is 0 Å². The van der Waals surface area contributed by atoms with E-state index < -0.39 is 22.8 Å². The van der Waals surface area contributed by atoms with E-state index in [1.165, 1.54) is 30.7 Å². The minimum absolute atomic E-state index is 0.0511. The first kappa shape index (κ1) is 18.5. The molecule has 2 aromatic rings. The van der Waals surface area contributed by atoms with Crippen LogP contribution < -0.4 is 5.32 Å². The first-order chi connectivity index (χ1) is 11.9. The lowest BCUT2D eigenvalue weighted by atomic mass is 10.2. The molecular weight excluding hydrogens is 350 g/mol. The number of nitro groups is 1. The van der Waals surface area contributed by atoms with E-state index >= 15 is 0 Å². The SMILES string of the molecule is COCCC(NC(=O)c1csc(-c2cccc([N+](=O)[O-])c2)n1)C(=O)O. The number of aromatic nitrogens is 1. The number of hydrogen-bond acceptors (Lipinski definition) is 7. The summed E-state index contributed by atoms with van der Waals surface area (Å²) in [6, 6.07) is 4.80. The molecule has 2 rings (SSSR count). The first-order valence-corrected chi connectivity index (χ1v) is 8.03. The number of nitrogens with one attached hydrogen (secondary N) is 1. The van der Waals surface area contributed by atoms with Crippen LogP contribution in [-0.2, 0) is 9.53 Å². The van der Waals surface area contributed by atoms with Crippen LogP contribution in [-0.4, -0.2) is 46.6 Å². The molecule has 0 fully saturated rings. The van der Waals surface area contributed by atoms with Crippen LogP contribution >= 0.6 is 11.3 Å². The van der Waals surface area contributed by atoms with Gasteiger partial charge in [0.15, 0.2) is 0 Å². The van der Waals surface area contributed by atoms with Crippen LogP contribution in [0.2, 0.25) is 0 Å². The number of non-ortho nitro benzene ring substituents is 1. The van der Waals surface area contributed by atoms with Gasteiger partial charge in [0, 0.05) is 43.2 Å². The highest BCUT2D eigenvalue weighted by Crippen LogP contribution is 2.26. The zero-order valence-corrected chi connectivity index (χ0v) is 14.0. The smallest absolute Gasteiger partial charge is 0.326 e. The van der Waals surface area contributed by atoms with E-state index in [1.807, 2.05) is 0 Å². The molecule has 1 heterocycles. The van der Waals surface area contributed by atoms with Crippen molar-refractivity contribution in [3.05, 3.63) is 45.5 Å². The van der Waals surface area contributed by atoms with E-state index in [2.05, 4.69) is 10.3 Å². The maximum atomic E-state index is 12.2. The van der Waals surface area contributed by atoms with E-state index in [0.29, 0.717) is 10.6 Å². The fraction of sp³-hybridized carbons (Fsp3) is 0.267. The Hall–Kier alpha value is -2.85. The predicted octanol–water partition coefficient (Wildman–Crippen LogP) is 1.94. The van der Waals surface area contributed by atoms with Crippen molar-refractivity contribution in [2.75, 3.05) is 13.7 Å². The molecule has 1 atom stereocenters. The molecule has 0 radical (unpaired) electrons. The number of hydrogen-bond donors (Lipinski definition) is 2. The lowest BCUT2D eigenvalue weighted by molar-refractivity contribution is -0.384. The third kappa shape index (κ3) is 4.81. The molecule has 0 saturated heterocycles. The van der Waals surface area contributed by atoms with E-state index in [-0.39, 0.29) is 24.4 Å². The van der Waals surface area contributed by atoms with Crippen molar-refractivity contribution in [3.63, 3.8) is 0 Å². The molecule has 25 heavy (non-hydrogen) atoms. The van der Waals surface area contributed by atoms with Crippen LogP contribution in [0.25, 0.3) is 10.6 Å². The van der Waals surface area contributed by atoms with Crippen LogP contribution in [0.3, 0.4) is 0 Å². The molecular formula is C15H15N3O6S. The van der Waals surface area contributed by atoms with Gasteiger partial charge in [-0.3, -0.25) is 14.9 Å². The molecule has 2 N–H and O–H groups in total. The summed E-state index contributed by atoms with van der Waals surface area (Å²) in [5, 5.41) is 24.2. The Morgan fingerprint density at radius 1 is 1.48 bits per heavy atom. The maximum Gasteiger partial charge on any atom is 0.326 e. The summed E-state index contributed by atoms with van der Waals surface area (Å²) >= 11 is 1.14. The topological polar surface area (TPSA) is 132 Å². The number of carbonyl (C=O) groups is 2. The molecule has 1 aromatic heterocycles. The molecule has 0 aliphatic carbocycles. The van der Waals surface area contributed by atoms with Gasteiger partial charge in [-0.2, -0.15) is 0 Å². The summed E-state index contributed by atoms with van der Waals surface area (Å²) in [5.41, 5.74) is 0.479. The van der Waals surface area contributed by atoms with Gasteiger partial charge in [0.25, 0.3) is 11.6 Å². The first-order valence-electron chi connectivity index (χ1n) is 7.15. The molecule has 1 amide bonds. The number of rotatable bonds is 8. The summed E-state index contributed by atoms with van der Waals surface area (Å²) < 4.78 is 4.82. The number of carboxylic acid groups (broad SMARTS) is 1. The summed E-state index contributed by atoms with van der Waals surface area (Å²) in [6.07, 6.45) is 0.124. The van der Waals surface area contributed by atoms with Gasteiger partial charge in [0.2, 0.25) is 0 Å². The van der Waals surface area contributed by atoms with Gasteiger partial charge in [-0.05, 0) is 0 Å². The molecule has 10 heteroatoms. The Balaban J connectivity index is 2.14. The number of ether oxygens (including phenoxy) is 1. The van der Waals surface area contributed by atoms with Gasteiger partial charge in [0.1, 0.15) is 16.7 Å². The van der Waals surface area contributed by atoms with Gasteiger partial charge in [-0.1, -0.05) is 12.1 Å². The van der Waals surface area contributed by atoms with Crippen molar-refractivity contribution >= 4 is 28.9 Å². The monoisotopic (exact) mass is 365 g/mol. The van der Waals surface area contributed by atoms with Crippen LogP contribution in [0.4, 0.5) is 5.69 Å². The normalized spacial score (nSPS) is 11.7. The summed E-state index contributed by atoms with van der Waals surface area (Å²) in [5.74, 6) is -1.80. The molecule has 0 aliphatic rings. The number of nitrogens with zero attached hydrogens (tertiary/aromatic N) is 2. The van der Waals surface area contributed by atoms with E-state index in [1.54, 1.807) is 6.07 Å². The number of carbonyl (C=O) groups excluding carboxylic acids is 1. The Labute approximate surface area is 146 Å². The van der Waals surface area contributed by atoms with E-state index in [9.17, 15) is 19.7 Å². The second kappa shape index (κ2) is 8.31. The zero-order chi connectivity index (χ0) is 18.4. The van der Waals surface area contributed by atoms with E-state index in [4.69, 9.17) is 9.84 Å².